The molecule has 7 nitrogen and oxygen atoms in total. The lowest BCUT2D eigenvalue weighted by molar-refractivity contribution is -0.402. The molecule has 17 heavy (non-hydrogen) atoms. The molecule has 2 N–H and O–H groups in total. The van der Waals surface area contributed by atoms with Gasteiger partial charge in [-0.3, -0.25) is 14.9 Å². The normalized spacial score (nSPS) is 12.1. The quantitative estimate of drug-likeness (QED) is 0.573. The van der Waals surface area contributed by atoms with Gasteiger partial charge in [-0.2, -0.15) is 0 Å². The van der Waals surface area contributed by atoms with Gasteiger partial charge in [0.05, 0.1) is 6.07 Å². The highest BCUT2D eigenvalue weighted by molar-refractivity contribution is 5.91. The number of nitrogens with one attached hydrogen (secondary N) is 1. The molecule has 0 bridgehead atoms. The second-order valence-corrected chi connectivity index (χ2v) is 3.64. The zero-order valence-corrected chi connectivity index (χ0v) is 9.38. The molecule has 0 aliphatic rings. The van der Waals surface area contributed by atoms with Crippen molar-refractivity contribution in [1.82, 2.24) is 5.32 Å². The number of nitrogens with zero attached hydrogens (tertiary/aromatic N) is 1. The van der Waals surface area contributed by atoms with Crippen molar-refractivity contribution in [2.24, 2.45) is 0 Å². The van der Waals surface area contributed by atoms with E-state index < -0.39 is 16.7 Å². The van der Waals surface area contributed by atoms with Crippen molar-refractivity contribution in [3.8, 4) is 0 Å². The highest BCUT2D eigenvalue weighted by Gasteiger charge is 2.18. The Hall–Kier alpha value is -1.89. The molecule has 0 saturated carbocycles. The van der Waals surface area contributed by atoms with Crippen LogP contribution in [0.2, 0.25) is 0 Å². The molecule has 0 spiro atoms. The van der Waals surface area contributed by atoms with Gasteiger partial charge in [-0.05, 0) is 25.8 Å². The minimum Gasteiger partial charge on any atom is -0.396 e. The van der Waals surface area contributed by atoms with Crippen molar-refractivity contribution in [3.63, 3.8) is 0 Å². The van der Waals surface area contributed by atoms with Crippen LogP contribution in [0.5, 0.6) is 0 Å². The van der Waals surface area contributed by atoms with Gasteiger partial charge in [0.1, 0.15) is 4.92 Å². The molecule has 0 aliphatic carbocycles. The molecule has 0 aromatic carbocycles. The Kier molecular flexibility index (Phi) is 4.65. The first-order valence-corrected chi connectivity index (χ1v) is 5.20. The van der Waals surface area contributed by atoms with E-state index in [0.29, 0.717) is 12.8 Å². The van der Waals surface area contributed by atoms with Crippen molar-refractivity contribution in [2.45, 2.75) is 25.8 Å². The summed E-state index contributed by atoms with van der Waals surface area (Å²) in [5.74, 6) is -1.05. The lowest BCUT2D eigenvalue weighted by atomic mass is 10.2. The van der Waals surface area contributed by atoms with Gasteiger partial charge >= 0.3 is 5.88 Å². The Balaban J connectivity index is 2.54. The van der Waals surface area contributed by atoms with Crippen molar-refractivity contribution >= 4 is 11.8 Å². The zero-order valence-electron chi connectivity index (χ0n) is 9.38. The van der Waals surface area contributed by atoms with Gasteiger partial charge in [-0.15, -0.1) is 0 Å². The molecule has 0 radical (unpaired) electrons. The maximum atomic E-state index is 11.6. The molecule has 7 heteroatoms. The van der Waals surface area contributed by atoms with Gasteiger partial charge < -0.3 is 14.8 Å². The maximum Gasteiger partial charge on any atom is 0.433 e. The lowest BCUT2D eigenvalue weighted by Gasteiger charge is -2.11. The van der Waals surface area contributed by atoms with Gasteiger partial charge in [0, 0.05) is 12.6 Å². The molecule has 94 valence electrons. The second-order valence-electron chi connectivity index (χ2n) is 3.64. The fraction of sp³-hybridized carbons (Fsp3) is 0.500. The number of hydrogen-bond donors (Lipinski definition) is 2. The van der Waals surface area contributed by atoms with Gasteiger partial charge in [0.15, 0.2) is 5.76 Å². The summed E-state index contributed by atoms with van der Waals surface area (Å²) in [6.45, 7) is 1.84. The largest absolute Gasteiger partial charge is 0.433 e. The Morgan fingerprint density at radius 2 is 2.35 bits per heavy atom. The van der Waals surface area contributed by atoms with E-state index in [-0.39, 0.29) is 18.4 Å². The number of hydrogen-bond acceptors (Lipinski definition) is 5. The summed E-state index contributed by atoms with van der Waals surface area (Å²) in [4.78, 5) is 21.2. The topological polar surface area (TPSA) is 106 Å². The summed E-state index contributed by atoms with van der Waals surface area (Å²) in [6.07, 6.45) is 1.21. The summed E-state index contributed by atoms with van der Waals surface area (Å²) in [6, 6.07) is 2.26. The van der Waals surface area contributed by atoms with E-state index in [1.54, 1.807) is 6.92 Å². The Bertz CT molecular complexity index is 401. The predicted octanol–water partition coefficient (Wildman–Crippen LogP) is 1.08. The van der Waals surface area contributed by atoms with Crippen LogP contribution in [0.1, 0.15) is 30.3 Å². The monoisotopic (exact) mass is 242 g/mol. The van der Waals surface area contributed by atoms with Gasteiger partial charge in [0.25, 0.3) is 5.91 Å². The molecule has 1 unspecified atom stereocenters. The van der Waals surface area contributed by atoms with Crippen LogP contribution in [-0.2, 0) is 0 Å². The molecule has 1 aromatic rings. The van der Waals surface area contributed by atoms with Crippen molar-refractivity contribution < 1.29 is 19.2 Å². The first kappa shape index (κ1) is 13.2. The highest BCUT2D eigenvalue weighted by atomic mass is 16.6. The summed E-state index contributed by atoms with van der Waals surface area (Å²) < 4.78 is 4.75. The first-order valence-electron chi connectivity index (χ1n) is 5.20. The Labute approximate surface area is 97.6 Å². The summed E-state index contributed by atoms with van der Waals surface area (Å²) in [5.41, 5.74) is 0. The van der Waals surface area contributed by atoms with E-state index in [1.165, 1.54) is 6.07 Å². The van der Waals surface area contributed by atoms with E-state index >= 15 is 0 Å². The number of amides is 1. The second kappa shape index (κ2) is 6.00. The highest BCUT2D eigenvalue weighted by Crippen LogP contribution is 2.15. The smallest absolute Gasteiger partial charge is 0.396 e. The molecule has 1 rings (SSSR count). The molecule has 1 heterocycles. The molecule has 0 saturated heterocycles. The average molecular weight is 242 g/mol. The minimum absolute atomic E-state index is 0.0619. The predicted molar refractivity (Wildman–Crippen MR) is 58.6 cm³/mol. The lowest BCUT2D eigenvalue weighted by Crippen LogP contribution is -2.32. The van der Waals surface area contributed by atoms with Crippen molar-refractivity contribution in [2.75, 3.05) is 6.61 Å². The van der Waals surface area contributed by atoms with E-state index in [2.05, 4.69) is 5.32 Å². The number of nitro groups is 1. The Morgan fingerprint density at radius 3 is 2.88 bits per heavy atom. The molecular weight excluding hydrogens is 228 g/mol. The minimum atomic E-state index is -0.702. The summed E-state index contributed by atoms with van der Waals surface area (Å²) >= 11 is 0. The van der Waals surface area contributed by atoms with E-state index in [4.69, 9.17) is 9.52 Å². The third-order valence-corrected chi connectivity index (χ3v) is 2.17. The standard InChI is InChI=1S/C10H14N2O5/c1-7(3-2-6-13)11-10(14)8-4-5-9(17-8)12(15)16/h4-5,7,13H,2-3,6H2,1H3,(H,11,14). The third kappa shape index (κ3) is 3.87. The zero-order chi connectivity index (χ0) is 12.8. The fourth-order valence-electron chi connectivity index (χ4n) is 1.31. The van der Waals surface area contributed by atoms with E-state index in [0.717, 1.165) is 6.07 Å². The van der Waals surface area contributed by atoms with E-state index in [1.807, 2.05) is 0 Å². The summed E-state index contributed by atoms with van der Waals surface area (Å²) in [5, 5.41) is 21.6. The van der Waals surface area contributed by atoms with Crippen LogP contribution < -0.4 is 5.32 Å². The molecular formula is C10H14N2O5. The molecule has 1 aromatic heterocycles. The van der Waals surface area contributed by atoms with Crippen LogP contribution in [0.25, 0.3) is 0 Å². The average Bonchev–Trinajstić information content (AvgIpc) is 2.75. The van der Waals surface area contributed by atoms with Crippen LogP contribution in [0.15, 0.2) is 16.5 Å². The van der Waals surface area contributed by atoms with Crippen molar-refractivity contribution in [3.05, 3.63) is 28.0 Å². The number of furan rings is 1. The summed E-state index contributed by atoms with van der Waals surface area (Å²) in [7, 11) is 0. The van der Waals surface area contributed by atoms with E-state index in [9.17, 15) is 14.9 Å². The Morgan fingerprint density at radius 1 is 1.65 bits per heavy atom. The van der Waals surface area contributed by atoms with Crippen molar-refractivity contribution in [1.29, 1.82) is 0 Å². The molecule has 0 fully saturated rings. The SMILES string of the molecule is CC(CCCO)NC(=O)c1ccc([N+](=O)[O-])o1. The van der Waals surface area contributed by atoms with Crippen LogP contribution in [0, 0.1) is 10.1 Å². The third-order valence-electron chi connectivity index (χ3n) is 2.17. The fourth-order valence-corrected chi connectivity index (χ4v) is 1.31. The van der Waals surface area contributed by atoms with Gasteiger partial charge in [-0.25, -0.2) is 0 Å². The molecule has 1 atom stereocenters. The van der Waals surface area contributed by atoms with Crippen LogP contribution >= 0.6 is 0 Å². The number of aliphatic hydroxyl groups is 1. The molecule has 1 amide bonds. The van der Waals surface area contributed by atoms with Crippen LogP contribution in [0.4, 0.5) is 5.88 Å². The van der Waals surface area contributed by atoms with Crippen LogP contribution in [0.3, 0.4) is 0 Å². The molecule has 0 aliphatic heterocycles. The van der Waals surface area contributed by atoms with Gasteiger partial charge in [-0.1, -0.05) is 0 Å². The maximum absolute atomic E-state index is 11.6. The number of aliphatic hydroxyl groups excluding tert-OH is 1. The first-order chi connectivity index (χ1) is 8.04. The van der Waals surface area contributed by atoms with Gasteiger partial charge in [0.2, 0.25) is 0 Å². The number of carbonyl (C=O) groups is 1. The number of carbonyl (C=O) groups excluding carboxylic acids is 1. The van der Waals surface area contributed by atoms with Crippen LogP contribution in [-0.4, -0.2) is 28.6 Å². The number of rotatable bonds is 6.